The first kappa shape index (κ1) is 14.7. The topological polar surface area (TPSA) is 31.2 Å². The normalized spacial score (nSPS) is 10.8. The second kappa shape index (κ2) is 6.66. The van der Waals surface area contributed by atoms with E-state index in [9.17, 15) is 4.79 Å². The van der Waals surface area contributed by atoms with Gasteiger partial charge in [-0.15, -0.1) is 11.8 Å². The highest BCUT2D eigenvalue weighted by Crippen LogP contribution is 2.22. The molecule has 1 heterocycles. The minimum Gasteiger partial charge on any atom is -0.497 e. The molecule has 3 nitrogen and oxygen atoms in total. The Hall–Kier alpha value is -1.68. The fourth-order valence-electron chi connectivity index (χ4n) is 1.88. The minimum absolute atomic E-state index is 0.0553. The van der Waals surface area contributed by atoms with Gasteiger partial charge in [0.2, 0.25) is 0 Å². The molecule has 4 heteroatoms. The van der Waals surface area contributed by atoms with Crippen molar-refractivity contribution in [2.75, 3.05) is 7.11 Å². The van der Waals surface area contributed by atoms with Crippen molar-refractivity contribution in [1.29, 1.82) is 0 Å². The van der Waals surface area contributed by atoms with Gasteiger partial charge in [-0.3, -0.25) is 4.79 Å². The molecule has 0 saturated carbocycles. The zero-order chi connectivity index (χ0) is 14.5. The van der Waals surface area contributed by atoms with E-state index in [2.05, 4.69) is 0 Å². The molecule has 2 rings (SSSR count). The van der Waals surface area contributed by atoms with Crippen molar-refractivity contribution >= 4 is 11.8 Å². The van der Waals surface area contributed by atoms with Crippen molar-refractivity contribution in [3.05, 3.63) is 58.5 Å². The van der Waals surface area contributed by atoms with Crippen molar-refractivity contribution in [1.82, 2.24) is 4.57 Å². The zero-order valence-corrected chi connectivity index (χ0v) is 12.8. The minimum atomic E-state index is 0.0553. The Labute approximate surface area is 123 Å². The number of methoxy groups -OCH3 is 1. The van der Waals surface area contributed by atoms with Gasteiger partial charge in [0.1, 0.15) is 5.75 Å². The van der Waals surface area contributed by atoms with Crippen LogP contribution in [0.15, 0.2) is 52.3 Å². The number of hydrogen-bond acceptors (Lipinski definition) is 3. The second-order valence-electron chi connectivity index (χ2n) is 4.84. The standard InChI is InChI=1S/C16H19NO2S/c1-12(2)17-9-8-15(10-16(17)18)20-11-13-4-6-14(19-3)7-5-13/h4-10,12H,11H2,1-3H3. The molecular formula is C16H19NO2S. The van der Waals surface area contributed by atoms with Crippen LogP contribution in [0.1, 0.15) is 25.5 Å². The van der Waals surface area contributed by atoms with Gasteiger partial charge in [-0.2, -0.15) is 0 Å². The van der Waals surface area contributed by atoms with Gasteiger partial charge in [0.25, 0.3) is 5.56 Å². The molecule has 0 aliphatic rings. The molecule has 0 amide bonds. The first-order valence-corrected chi connectivity index (χ1v) is 7.56. The van der Waals surface area contributed by atoms with E-state index in [4.69, 9.17) is 4.74 Å². The monoisotopic (exact) mass is 289 g/mol. The summed E-state index contributed by atoms with van der Waals surface area (Å²) in [5, 5.41) is 0. The molecule has 2 aromatic rings. The van der Waals surface area contributed by atoms with E-state index in [1.165, 1.54) is 5.56 Å². The van der Waals surface area contributed by atoms with Gasteiger partial charge in [-0.1, -0.05) is 12.1 Å². The Balaban J connectivity index is 2.03. The van der Waals surface area contributed by atoms with Gasteiger partial charge < -0.3 is 9.30 Å². The first-order valence-electron chi connectivity index (χ1n) is 6.58. The Morgan fingerprint density at radius 2 is 1.90 bits per heavy atom. The molecule has 106 valence electrons. The van der Waals surface area contributed by atoms with Crippen LogP contribution in [0.25, 0.3) is 0 Å². The summed E-state index contributed by atoms with van der Waals surface area (Å²) in [6.07, 6.45) is 1.86. The summed E-state index contributed by atoms with van der Waals surface area (Å²) in [5.74, 6) is 1.70. The molecular weight excluding hydrogens is 270 g/mol. The predicted molar refractivity (Wildman–Crippen MR) is 83.6 cm³/mol. The van der Waals surface area contributed by atoms with Crippen molar-refractivity contribution in [3.63, 3.8) is 0 Å². The average Bonchev–Trinajstić information content (AvgIpc) is 2.45. The van der Waals surface area contributed by atoms with Crippen LogP contribution < -0.4 is 10.3 Å². The largest absolute Gasteiger partial charge is 0.497 e. The maximum atomic E-state index is 11.9. The summed E-state index contributed by atoms with van der Waals surface area (Å²) in [5.41, 5.74) is 1.27. The lowest BCUT2D eigenvalue weighted by Crippen LogP contribution is -2.20. The molecule has 1 aromatic carbocycles. The van der Waals surface area contributed by atoms with Gasteiger partial charge in [-0.25, -0.2) is 0 Å². The Kier molecular flexibility index (Phi) is 4.90. The Morgan fingerprint density at radius 3 is 2.45 bits per heavy atom. The maximum Gasteiger partial charge on any atom is 0.251 e. The van der Waals surface area contributed by atoms with Crippen LogP contribution in [-0.2, 0) is 5.75 Å². The fourth-order valence-corrected chi connectivity index (χ4v) is 2.74. The molecule has 0 bridgehead atoms. The molecule has 0 aliphatic heterocycles. The molecule has 0 saturated heterocycles. The number of hydrogen-bond donors (Lipinski definition) is 0. The quantitative estimate of drug-likeness (QED) is 0.786. The van der Waals surface area contributed by atoms with Crippen molar-refractivity contribution in [2.45, 2.75) is 30.5 Å². The van der Waals surface area contributed by atoms with E-state index in [0.717, 1.165) is 16.4 Å². The van der Waals surface area contributed by atoms with Crippen LogP contribution in [0.5, 0.6) is 5.75 Å². The number of nitrogens with zero attached hydrogens (tertiary/aromatic N) is 1. The first-order chi connectivity index (χ1) is 9.60. The molecule has 0 aliphatic carbocycles. The summed E-state index contributed by atoms with van der Waals surface area (Å²) < 4.78 is 6.87. The van der Waals surface area contributed by atoms with Crippen LogP contribution >= 0.6 is 11.8 Å². The van der Waals surface area contributed by atoms with Crippen LogP contribution in [0.4, 0.5) is 0 Å². The lowest BCUT2D eigenvalue weighted by Gasteiger charge is -2.10. The maximum absolute atomic E-state index is 11.9. The smallest absolute Gasteiger partial charge is 0.251 e. The third-order valence-electron chi connectivity index (χ3n) is 3.04. The van der Waals surface area contributed by atoms with Gasteiger partial charge in [0, 0.05) is 29.0 Å². The third kappa shape index (κ3) is 3.67. The third-order valence-corrected chi connectivity index (χ3v) is 4.11. The lowest BCUT2D eigenvalue weighted by atomic mass is 10.2. The number of pyridine rings is 1. The number of ether oxygens (including phenoxy) is 1. The molecule has 0 radical (unpaired) electrons. The molecule has 20 heavy (non-hydrogen) atoms. The second-order valence-corrected chi connectivity index (χ2v) is 5.89. The molecule has 0 N–H and O–H groups in total. The molecule has 0 atom stereocenters. The summed E-state index contributed by atoms with van der Waals surface area (Å²) in [6.45, 7) is 4.01. The van der Waals surface area contributed by atoms with Crippen molar-refractivity contribution < 1.29 is 4.74 Å². The van der Waals surface area contributed by atoms with Gasteiger partial charge in [0.05, 0.1) is 7.11 Å². The van der Waals surface area contributed by atoms with Crippen LogP contribution in [0.2, 0.25) is 0 Å². The predicted octanol–water partition coefficient (Wildman–Crippen LogP) is 3.73. The van der Waals surface area contributed by atoms with Crippen molar-refractivity contribution in [2.24, 2.45) is 0 Å². The van der Waals surface area contributed by atoms with Gasteiger partial charge in [0.15, 0.2) is 0 Å². The Morgan fingerprint density at radius 1 is 1.20 bits per heavy atom. The van der Waals surface area contributed by atoms with E-state index in [-0.39, 0.29) is 11.6 Å². The lowest BCUT2D eigenvalue weighted by molar-refractivity contribution is 0.414. The van der Waals surface area contributed by atoms with Crippen molar-refractivity contribution in [3.8, 4) is 5.75 Å². The summed E-state index contributed by atoms with van der Waals surface area (Å²) in [7, 11) is 1.66. The average molecular weight is 289 g/mol. The van der Waals surface area contributed by atoms with E-state index < -0.39 is 0 Å². The van der Waals surface area contributed by atoms with E-state index in [1.54, 1.807) is 29.5 Å². The SMILES string of the molecule is COc1ccc(CSc2ccn(C(C)C)c(=O)c2)cc1. The molecule has 0 spiro atoms. The van der Waals surface area contributed by atoms with Crippen LogP contribution in [0, 0.1) is 0 Å². The van der Waals surface area contributed by atoms with Gasteiger partial charge >= 0.3 is 0 Å². The van der Waals surface area contributed by atoms with E-state index >= 15 is 0 Å². The molecule has 1 aromatic heterocycles. The highest BCUT2D eigenvalue weighted by molar-refractivity contribution is 7.98. The molecule has 0 unspecified atom stereocenters. The number of thioether (sulfide) groups is 1. The summed E-state index contributed by atoms with van der Waals surface area (Å²) >= 11 is 1.67. The summed E-state index contributed by atoms with van der Waals surface area (Å²) in [4.78, 5) is 12.9. The molecule has 0 fully saturated rings. The summed E-state index contributed by atoms with van der Waals surface area (Å²) in [6, 6.07) is 11.9. The Bertz CT molecular complexity index is 617. The fraction of sp³-hybridized carbons (Fsp3) is 0.312. The highest BCUT2D eigenvalue weighted by atomic mass is 32.2. The van der Waals surface area contributed by atoms with Crippen LogP contribution in [-0.4, -0.2) is 11.7 Å². The number of rotatable bonds is 5. The van der Waals surface area contributed by atoms with Crippen LogP contribution in [0.3, 0.4) is 0 Å². The number of benzene rings is 1. The van der Waals surface area contributed by atoms with Gasteiger partial charge in [-0.05, 0) is 37.6 Å². The zero-order valence-electron chi connectivity index (χ0n) is 12.0. The number of aromatic nitrogens is 1. The van der Waals surface area contributed by atoms with E-state index in [0.29, 0.717) is 0 Å². The van der Waals surface area contributed by atoms with E-state index in [1.807, 2.05) is 50.4 Å². The highest BCUT2D eigenvalue weighted by Gasteiger charge is 2.03.